The molecule has 3 nitrogen and oxygen atoms in total. The van der Waals surface area contributed by atoms with Gasteiger partial charge in [0.15, 0.2) is 0 Å². The molecule has 0 aliphatic heterocycles. The highest BCUT2D eigenvalue weighted by Gasteiger charge is 2.12. The number of hydrogen-bond acceptors (Lipinski definition) is 2. The first-order valence-corrected chi connectivity index (χ1v) is 7.16. The lowest BCUT2D eigenvalue weighted by atomic mass is 10.0. The van der Waals surface area contributed by atoms with E-state index in [1.54, 1.807) is 0 Å². The fourth-order valence-corrected chi connectivity index (χ4v) is 2.44. The number of aromatic amines is 1. The third-order valence-electron chi connectivity index (χ3n) is 3.74. The van der Waals surface area contributed by atoms with Crippen molar-refractivity contribution in [2.24, 2.45) is 0 Å². The molecule has 3 rings (SSSR count). The van der Waals surface area contributed by atoms with Gasteiger partial charge in [-0.3, -0.25) is 4.79 Å². The Bertz CT molecular complexity index is 862. The van der Waals surface area contributed by atoms with Gasteiger partial charge in [0.2, 0.25) is 0 Å². The number of nitrogens with zero attached hydrogens (tertiary/aromatic N) is 1. The summed E-state index contributed by atoms with van der Waals surface area (Å²) in [4.78, 5) is 19.6. The Hall–Kier alpha value is -2.42. The lowest BCUT2D eigenvalue weighted by molar-refractivity contribution is 0.765. The molecule has 1 heterocycles. The number of hydrogen-bond donors (Lipinski definition) is 1. The van der Waals surface area contributed by atoms with E-state index < -0.39 is 0 Å². The van der Waals surface area contributed by atoms with Crippen LogP contribution in [0.3, 0.4) is 0 Å². The van der Waals surface area contributed by atoms with Gasteiger partial charge < -0.3 is 4.98 Å². The SMILES string of the molecule is Cc1c(-c2ccc3ccccc3c2)nc(C(C)C)[nH]c1=O. The minimum absolute atomic E-state index is 0.0585. The van der Waals surface area contributed by atoms with E-state index in [1.807, 2.05) is 39.0 Å². The Labute approximate surface area is 123 Å². The summed E-state index contributed by atoms with van der Waals surface area (Å²) in [5, 5.41) is 2.34. The lowest BCUT2D eigenvalue weighted by Gasteiger charge is -2.10. The maximum absolute atomic E-state index is 12.1. The summed E-state index contributed by atoms with van der Waals surface area (Å²) in [6.07, 6.45) is 0. The molecule has 0 bridgehead atoms. The number of rotatable bonds is 2. The van der Waals surface area contributed by atoms with Gasteiger partial charge in [-0.15, -0.1) is 0 Å². The van der Waals surface area contributed by atoms with Crippen molar-refractivity contribution < 1.29 is 0 Å². The van der Waals surface area contributed by atoms with Crippen molar-refractivity contribution >= 4 is 10.8 Å². The Morgan fingerprint density at radius 3 is 2.48 bits per heavy atom. The van der Waals surface area contributed by atoms with Gasteiger partial charge in [0, 0.05) is 17.0 Å². The van der Waals surface area contributed by atoms with Crippen LogP contribution < -0.4 is 5.56 Å². The van der Waals surface area contributed by atoms with Crippen LogP contribution in [0.4, 0.5) is 0 Å². The average molecular weight is 278 g/mol. The molecule has 3 aromatic rings. The number of H-pyrrole nitrogens is 1. The Kier molecular flexibility index (Phi) is 3.34. The van der Waals surface area contributed by atoms with Gasteiger partial charge in [-0.1, -0.05) is 50.2 Å². The molecule has 1 N–H and O–H groups in total. The first-order valence-electron chi connectivity index (χ1n) is 7.16. The van der Waals surface area contributed by atoms with E-state index in [0.717, 1.165) is 22.5 Å². The van der Waals surface area contributed by atoms with Crippen LogP contribution in [0.15, 0.2) is 47.3 Å². The normalized spacial score (nSPS) is 11.2. The fourth-order valence-electron chi connectivity index (χ4n) is 2.44. The molecule has 0 aliphatic rings. The minimum Gasteiger partial charge on any atom is -0.310 e. The first kappa shape index (κ1) is 13.6. The Morgan fingerprint density at radius 2 is 1.76 bits per heavy atom. The highest BCUT2D eigenvalue weighted by atomic mass is 16.1. The van der Waals surface area contributed by atoms with Gasteiger partial charge in [-0.25, -0.2) is 4.98 Å². The van der Waals surface area contributed by atoms with Gasteiger partial charge in [0.05, 0.1) is 5.69 Å². The van der Waals surface area contributed by atoms with Crippen LogP contribution in [0.5, 0.6) is 0 Å². The molecule has 0 aliphatic carbocycles. The molecule has 0 fully saturated rings. The van der Waals surface area contributed by atoms with Crippen LogP contribution in [0.25, 0.3) is 22.0 Å². The molecule has 21 heavy (non-hydrogen) atoms. The second-order valence-corrected chi connectivity index (χ2v) is 5.64. The number of aromatic nitrogens is 2. The van der Waals surface area contributed by atoms with Gasteiger partial charge in [0.1, 0.15) is 5.82 Å². The van der Waals surface area contributed by atoms with Gasteiger partial charge in [0.25, 0.3) is 5.56 Å². The van der Waals surface area contributed by atoms with E-state index in [1.165, 1.54) is 5.39 Å². The van der Waals surface area contributed by atoms with Crippen LogP contribution in [0.1, 0.15) is 31.2 Å². The molecular weight excluding hydrogens is 260 g/mol. The zero-order valence-electron chi connectivity index (χ0n) is 12.5. The quantitative estimate of drug-likeness (QED) is 0.769. The summed E-state index contributed by atoms with van der Waals surface area (Å²) < 4.78 is 0. The molecular formula is C18H18N2O. The van der Waals surface area contributed by atoms with Crippen molar-refractivity contribution in [3.63, 3.8) is 0 Å². The maximum Gasteiger partial charge on any atom is 0.254 e. The van der Waals surface area contributed by atoms with Crippen LogP contribution in [-0.4, -0.2) is 9.97 Å². The van der Waals surface area contributed by atoms with Crippen LogP contribution >= 0.6 is 0 Å². The second-order valence-electron chi connectivity index (χ2n) is 5.64. The van der Waals surface area contributed by atoms with Crippen molar-refractivity contribution in [1.29, 1.82) is 0 Å². The fraction of sp³-hybridized carbons (Fsp3) is 0.222. The highest BCUT2D eigenvalue weighted by molar-refractivity contribution is 5.87. The van der Waals surface area contributed by atoms with E-state index in [9.17, 15) is 4.79 Å². The van der Waals surface area contributed by atoms with Crippen LogP contribution in [-0.2, 0) is 0 Å². The van der Waals surface area contributed by atoms with Crippen molar-refractivity contribution in [3.8, 4) is 11.3 Å². The minimum atomic E-state index is -0.0585. The van der Waals surface area contributed by atoms with Crippen molar-refractivity contribution in [2.45, 2.75) is 26.7 Å². The first-order chi connectivity index (χ1) is 10.1. The molecule has 3 heteroatoms. The van der Waals surface area contributed by atoms with Crippen LogP contribution in [0, 0.1) is 6.92 Å². The standard InChI is InChI=1S/C18H18N2O/c1-11(2)17-19-16(12(3)18(21)20-17)15-9-8-13-6-4-5-7-14(13)10-15/h4-11H,1-3H3,(H,19,20,21). The highest BCUT2D eigenvalue weighted by Crippen LogP contribution is 2.25. The van der Waals surface area contributed by atoms with E-state index in [0.29, 0.717) is 5.56 Å². The Morgan fingerprint density at radius 1 is 1.05 bits per heavy atom. The zero-order valence-corrected chi connectivity index (χ0v) is 12.5. The van der Waals surface area contributed by atoms with Crippen molar-refractivity contribution in [3.05, 3.63) is 64.2 Å². The molecule has 2 aromatic carbocycles. The van der Waals surface area contributed by atoms with E-state index in [-0.39, 0.29) is 11.5 Å². The third-order valence-corrected chi connectivity index (χ3v) is 3.74. The molecule has 0 saturated heterocycles. The number of nitrogens with one attached hydrogen (secondary N) is 1. The predicted octanol–water partition coefficient (Wildman–Crippen LogP) is 4.02. The lowest BCUT2D eigenvalue weighted by Crippen LogP contribution is -2.16. The summed E-state index contributed by atoms with van der Waals surface area (Å²) >= 11 is 0. The third kappa shape index (κ3) is 2.47. The molecule has 0 amide bonds. The van der Waals surface area contributed by atoms with E-state index in [2.05, 4.69) is 34.2 Å². The van der Waals surface area contributed by atoms with Crippen molar-refractivity contribution in [2.75, 3.05) is 0 Å². The number of fused-ring (bicyclic) bond motifs is 1. The second kappa shape index (κ2) is 5.17. The molecule has 1 aromatic heterocycles. The molecule has 0 unspecified atom stereocenters. The van der Waals surface area contributed by atoms with E-state index >= 15 is 0 Å². The molecule has 106 valence electrons. The van der Waals surface area contributed by atoms with Gasteiger partial charge in [-0.2, -0.15) is 0 Å². The maximum atomic E-state index is 12.1. The summed E-state index contributed by atoms with van der Waals surface area (Å²) in [6.45, 7) is 5.87. The van der Waals surface area contributed by atoms with Crippen molar-refractivity contribution in [1.82, 2.24) is 9.97 Å². The zero-order chi connectivity index (χ0) is 15.0. The summed E-state index contributed by atoms with van der Waals surface area (Å²) in [5.74, 6) is 0.922. The van der Waals surface area contributed by atoms with Gasteiger partial charge >= 0.3 is 0 Å². The molecule has 0 atom stereocenters. The van der Waals surface area contributed by atoms with Gasteiger partial charge in [-0.05, 0) is 23.8 Å². The summed E-state index contributed by atoms with van der Waals surface area (Å²) in [6, 6.07) is 14.4. The monoisotopic (exact) mass is 278 g/mol. The molecule has 0 saturated carbocycles. The predicted molar refractivity (Wildman–Crippen MR) is 86.6 cm³/mol. The largest absolute Gasteiger partial charge is 0.310 e. The van der Waals surface area contributed by atoms with E-state index in [4.69, 9.17) is 0 Å². The summed E-state index contributed by atoms with van der Waals surface area (Å²) in [7, 11) is 0. The molecule has 0 radical (unpaired) electrons. The molecule has 0 spiro atoms. The topological polar surface area (TPSA) is 45.8 Å². The summed E-state index contributed by atoms with van der Waals surface area (Å²) in [5.41, 5.74) is 2.36. The number of benzene rings is 2. The van der Waals surface area contributed by atoms with Crippen LogP contribution in [0.2, 0.25) is 0 Å². The average Bonchev–Trinajstić information content (AvgIpc) is 2.49. The smallest absolute Gasteiger partial charge is 0.254 e. The Balaban J connectivity index is 2.24.